The van der Waals surface area contributed by atoms with Gasteiger partial charge in [0.2, 0.25) is 11.4 Å². The molecule has 11 heteroatoms. The predicted octanol–water partition coefficient (Wildman–Crippen LogP) is 2.59. The first kappa shape index (κ1) is 21.6. The van der Waals surface area contributed by atoms with Crippen molar-refractivity contribution in [2.24, 2.45) is 10.7 Å². The van der Waals surface area contributed by atoms with Gasteiger partial charge in [0.05, 0.1) is 24.5 Å². The molecule has 0 radical (unpaired) electrons. The molecule has 2 aromatic heterocycles. The predicted molar refractivity (Wildman–Crippen MR) is 118 cm³/mol. The molecule has 3 aromatic rings. The van der Waals surface area contributed by atoms with Gasteiger partial charge in [-0.05, 0) is 43.5 Å². The summed E-state index contributed by atoms with van der Waals surface area (Å²) in [4.78, 5) is 17.3. The molecule has 1 aromatic carbocycles. The monoisotopic (exact) mass is 473 g/mol. The molecule has 172 valence electrons. The molecule has 1 aliphatic heterocycles. The summed E-state index contributed by atoms with van der Waals surface area (Å²) in [6.45, 7) is 1.26. The molecule has 5 rings (SSSR count). The van der Waals surface area contributed by atoms with Gasteiger partial charge in [-0.3, -0.25) is 9.98 Å². The normalized spacial score (nSPS) is 25.1. The highest BCUT2D eigenvalue weighted by atomic mass is 32.2. The molecule has 1 spiro atoms. The number of aliphatic imine (C=N–C) groups is 1. The maximum absolute atomic E-state index is 15.5. The van der Waals surface area contributed by atoms with E-state index in [9.17, 15) is 12.8 Å². The minimum atomic E-state index is -4.29. The van der Waals surface area contributed by atoms with Crippen molar-refractivity contribution in [2.75, 3.05) is 7.11 Å². The van der Waals surface area contributed by atoms with Crippen LogP contribution in [0, 0.1) is 5.82 Å². The number of nitrogens with zero attached hydrogens (tertiary/aromatic N) is 4. The number of aromatic nitrogens is 3. The van der Waals surface area contributed by atoms with Gasteiger partial charge in [-0.2, -0.15) is 0 Å². The summed E-state index contributed by atoms with van der Waals surface area (Å²) in [5, 5.41) is 0. The molecule has 0 saturated heterocycles. The van der Waals surface area contributed by atoms with Crippen LogP contribution in [0.5, 0.6) is 5.88 Å². The smallest absolute Gasteiger partial charge is 0.232 e. The lowest BCUT2D eigenvalue weighted by atomic mass is 9.90. The van der Waals surface area contributed by atoms with E-state index in [-0.39, 0.29) is 30.7 Å². The molecular formula is C22H21F2N5O3S. The number of alkyl halides is 1. The van der Waals surface area contributed by atoms with Crippen molar-refractivity contribution in [3.63, 3.8) is 0 Å². The van der Waals surface area contributed by atoms with Crippen LogP contribution in [0.1, 0.15) is 36.6 Å². The summed E-state index contributed by atoms with van der Waals surface area (Å²) >= 11 is 0. The minimum Gasteiger partial charge on any atom is -0.480 e. The standard InChI is InChI=1S/C22H21F2N5O3S/c1-21(19(24)33(30,31)22(6-7-22)20(25)29-21)13-9-12(3-4-14(13)23)10-16-18-15(5-8-26-16)28-17(32-2)11-27-18/h3-5,8-9,11,19H,6-7,10H2,1-2H3,(H2,25,29)/t19-,21+/m0/s1. The molecule has 1 fully saturated rings. The first-order chi connectivity index (χ1) is 15.6. The van der Waals surface area contributed by atoms with Crippen molar-refractivity contribution in [3.8, 4) is 5.88 Å². The van der Waals surface area contributed by atoms with Gasteiger partial charge in [0.25, 0.3) is 0 Å². The van der Waals surface area contributed by atoms with Gasteiger partial charge in [-0.15, -0.1) is 0 Å². The third kappa shape index (κ3) is 3.09. The second kappa shape index (κ2) is 7.14. The van der Waals surface area contributed by atoms with Crippen LogP contribution in [0.25, 0.3) is 11.0 Å². The van der Waals surface area contributed by atoms with Gasteiger partial charge in [0, 0.05) is 18.2 Å². The van der Waals surface area contributed by atoms with Crippen molar-refractivity contribution in [2.45, 2.75) is 42.0 Å². The number of ether oxygens (including phenoxy) is 1. The highest BCUT2D eigenvalue weighted by Crippen LogP contribution is 2.53. The maximum Gasteiger partial charge on any atom is 0.232 e. The van der Waals surface area contributed by atoms with Crippen LogP contribution in [0.4, 0.5) is 8.78 Å². The third-order valence-corrected chi connectivity index (χ3v) is 9.16. The largest absolute Gasteiger partial charge is 0.480 e. The van der Waals surface area contributed by atoms with Gasteiger partial charge in [0.15, 0.2) is 9.84 Å². The Balaban J connectivity index is 1.58. The van der Waals surface area contributed by atoms with Crippen molar-refractivity contribution < 1.29 is 21.9 Å². The van der Waals surface area contributed by atoms with E-state index >= 15 is 4.39 Å². The van der Waals surface area contributed by atoms with Crippen LogP contribution in [0.15, 0.2) is 41.7 Å². The summed E-state index contributed by atoms with van der Waals surface area (Å²) in [7, 11) is -2.80. The van der Waals surface area contributed by atoms with Crippen LogP contribution < -0.4 is 10.5 Å². The van der Waals surface area contributed by atoms with E-state index in [2.05, 4.69) is 19.9 Å². The highest BCUT2D eigenvalue weighted by Gasteiger charge is 2.67. The van der Waals surface area contributed by atoms with Crippen LogP contribution in [-0.2, 0) is 21.8 Å². The zero-order valence-electron chi connectivity index (χ0n) is 17.9. The summed E-state index contributed by atoms with van der Waals surface area (Å²) in [5.74, 6) is -0.575. The summed E-state index contributed by atoms with van der Waals surface area (Å²) in [6.07, 6.45) is 3.72. The number of halogens is 2. The van der Waals surface area contributed by atoms with Crippen molar-refractivity contribution in [3.05, 3.63) is 59.3 Å². The molecule has 1 aliphatic carbocycles. The van der Waals surface area contributed by atoms with Gasteiger partial charge >= 0.3 is 0 Å². The van der Waals surface area contributed by atoms with Gasteiger partial charge < -0.3 is 10.5 Å². The number of amidine groups is 1. The number of fused-ring (bicyclic) bond motifs is 1. The number of sulfone groups is 1. The number of hydrogen-bond acceptors (Lipinski definition) is 8. The zero-order valence-corrected chi connectivity index (χ0v) is 18.7. The Morgan fingerprint density at radius 3 is 2.70 bits per heavy atom. The lowest BCUT2D eigenvalue weighted by Gasteiger charge is -2.37. The lowest BCUT2D eigenvalue weighted by molar-refractivity contribution is 0.270. The number of nitrogens with two attached hydrogens (primary N) is 1. The maximum atomic E-state index is 15.5. The molecule has 2 atom stereocenters. The Morgan fingerprint density at radius 1 is 1.24 bits per heavy atom. The van der Waals surface area contributed by atoms with E-state index in [0.29, 0.717) is 28.2 Å². The Kier molecular flexibility index (Phi) is 4.68. The Bertz CT molecular complexity index is 1420. The Morgan fingerprint density at radius 2 is 2.00 bits per heavy atom. The first-order valence-corrected chi connectivity index (χ1v) is 11.8. The lowest BCUT2D eigenvalue weighted by Crippen LogP contribution is -2.54. The molecule has 8 nitrogen and oxygen atoms in total. The average molecular weight is 474 g/mol. The van der Waals surface area contributed by atoms with Gasteiger partial charge in [0.1, 0.15) is 27.5 Å². The van der Waals surface area contributed by atoms with E-state index in [1.807, 2.05) is 0 Å². The highest BCUT2D eigenvalue weighted by molar-refractivity contribution is 7.94. The van der Waals surface area contributed by atoms with E-state index in [4.69, 9.17) is 10.5 Å². The molecule has 2 N–H and O–H groups in total. The average Bonchev–Trinajstić information content (AvgIpc) is 3.61. The number of benzene rings is 1. The fraction of sp³-hybridized carbons (Fsp3) is 0.364. The fourth-order valence-corrected chi connectivity index (χ4v) is 6.55. The second-order valence-corrected chi connectivity index (χ2v) is 10.8. The molecule has 0 bridgehead atoms. The minimum absolute atomic E-state index is 0.163. The van der Waals surface area contributed by atoms with Crippen LogP contribution in [0.3, 0.4) is 0 Å². The molecule has 2 aliphatic rings. The van der Waals surface area contributed by atoms with Crippen molar-refractivity contribution >= 4 is 26.7 Å². The van der Waals surface area contributed by atoms with E-state index in [1.165, 1.54) is 38.4 Å². The summed E-state index contributed by atoms with van der Waals surface area (Å²) < 4.78 is 59.8. The summed E-state index contributed by atoms with van der Waals surface area (Å²) in [5.41, 5.74) is 3.63. The SMILES string of the molecule is COc1cnc2c(Cc3ccc(F)c([C@@]4(C)N=C(N)C5(CC5)S(=O)(=O)[C@@H]4F)c3)nccc2n1. The van der Waals surface area contributed by atoms with Gasteiger partial charge in [-0.25, -0.2) is 27.2 Å². The van der Waals surface area contributed by atoms with E-state index < -0.39 is 31.4 Å². The van der Waals surface area contributed by atoms with Crippen molar-refractivity contribution in [1.29, 1.82) is 0 Å². The third-order valence-electron chi connectivity index (χ3n) is 6.45. The molecule has 3 heterocycles. The molecular weight excluding hydrogens is 452 g/mol. The molecule has 33 heavy (non-hydrogen) atoms. The topological polar surface area (TPSA) is 120 Å². The first-order valence-electron chi connectivity index (χ1n) is 10.3. The van der Waals surface area contributed by atoms with Crippen LogP contribution in [-0.4, -0.2) is 46.6 Å². The molecule has 0 unspecified atom stereocenters. The van der Waals surface area contributed by atoms with Crippen LogP contribution >= 0.6 is 0 Å². The van der Waals surface area contributed by atoms with Crippen LogP contribution in [0.2, 0.25) is 0 Å². The fourth-order valence-electron chi connectivity index (χ4n) is 4.36. The van der Waals surface area contributed by atoms with Crippen molar-refractivity contribution in [1.82, 2.24) is 15.0 Å². The second-order valence-electron chi connectivity index (χ2n) is 8.53. The number of rotatable bonds is 4. The van der Waals surface area contributed by atoms with Gasteiger partial charge in [-0.1, -0.05) is 6.07 Å². The zero-order chi connectivity index (χ0) is 23.6. The number of methoxy groups -OCH3 is 1. The Hall–Kier alpha value is -3.21. The number of hydrogen-bond donors (Lipinski definition) is 1. The summed E-state index contributed by atoms with van der Waals surface area (Å²) in [6, 6.07) is 5.80. The molecule has 1 saturated carbocycles. The van der Waals surface area contributed by atoms with E-state index in [0.717, 1.165) is 0 Å². The molecule has 0 amide bonds. The van der Waals surface area contributed by atoms with E-state index in [1.54, 1.807) is 12.3 Å². The quantitative estimate of drug-likeness (QED) is 0.618. The number of pyridine rings is 1. The Labute approximate surface area is 188 Å².